The fourth-order valence-electron chi connectivity index (χ4n) is 2.01. The van der Waals surface area contributed by atoms with Crippen LogP contribution in [-0.2, 0) is 6.61 Å². The minimum atomic E-state index is -0.317. The average molecular weight is 320 g/mol. The van der Waals surface area contributed by atoms with Crippen LogP contribution in [0.2, 0.25) is 0 Å². The zero-order valence-corrected chi connectivity index (χ0v) is 12.6. The summed E-state index contributed by atoms with van der Waals surface area (Å²) in [5, 5.41) is 11.8. The molecule has 1 N–H and O–H groups in total. The van der Waals surface area contributed by atoms with Gasteiger partial charge in [0.05, 0.1) is 11.6 Å². The number of hydrogen-bond donors (Lipinski definition) is 1. The number of rotatable bonds is 5. The van der Waals surface area contributed by atoms with E-state index in [0.29, 0.717) is 23.0 Å². The summed E-state index contributed by atoms with van der Waals surface area (Å²) in [6.45, 7) is 0.0833. The van der Waals surface area contributed by atoms with Crippen molar-refractivity contribution in [3.8, 4) is 11.9 Å². The van der Waals surface area contributed by atoms with Crippen molar-refractivity contribution < 1.29 is 9.13 Å². The summed E-state index contributed by atoms with van der Waals surface area (Å²) < 4.78 is 19.1. The molecule has 0 spiro atoms. The van der Waals surface area contributed by atoms with Gasteiger partial charge < -0.3 is 10.1 Å². The van der Waals surface area contributed by atoms with Gasteiger partial charge in [-0.15, -0.1) is 0 Å². The standard InChI is InChI=1S/C18H13FN4O/c19-16-4-2-1-3-14(16)12-24-17-9-10-21-18(23-17)22-15-7-5-13(11-20)6-8-15/h1-10H,12H2,(H,21,22,23). The van der Waals surface area contributed by atoms with Gasteiger partial charge in [0, 0.05) is 23.5 Å². The first kappa shape index (κ1) is 15.4. The van der Waals surface area contributed by atoms with Crippen molar-refractivity contribution in [2.24, 2.45) is 0 Å². The van der Waals surface area contributed by atoms with E-state index in [-0.39, 0.29) is 12.4 Å². The predicted molar refractivity (Wildman–Crippen MR) is 87.2 cm³/mol. The highest BCUT2D eigenvalue weighted by Crippen LogP contribution is 2.17. The van der Waals surface area contributed by atoms with Crippen molar-refractivity contribution in [2.45, 2.75) is 6.61 Å². The lowest BCUT2D eigenvalue weighted by Gasteiger charge is -2.08. The van der Waals surface area contributed by atoms with E-state index in [0.717, 1.165) is 5.69 Å². The first-order valence-corrected chi connectivity index (χ1v) is 7.21. The van der Waals surface area contributed by atoms with Gasteiger partial charge in [0.15, 0.2) is 0 Å². The highest BCUT2D eigenvalue weighted by Gasteiger charge is 2.04. The van der Waals surface area contributed by atoms with Crippen molar-refractivity contribution in [2.75, 3.05) is 5.32 Å². The molecule has 0 amide bonds. The summed E-state index contributed by atoms with van der Waals surface area (Å²) in [6.07, 6.45) is 1.55. The molecule has 24 heavy (non-hydrogen) atoms. The van der Waals surface area contributed by atoms with E-state index in [1.54, 1.807) is 54.7 Å². The van der Waals surface area contributed by atoms with Crippen molar-refractivity contribution in [3.63, 3.8) is 0 Å². The first-order chi connectivity index (χ1) is 11.7. The van der Waals surface area contributed by atoms with Gasteiger partial charge in [-0.3, -0.25) is 0 Å². The van der Waals surface area contributed by atoms with Crippen LogP contribution in [0.5, 0.6) is 5.88 Å². The second-order valence-electron chi connectivity index (χ2n) is 4.91. The Morgan fingerprint density at radius 3 is 2.62 bits per heavy atom. The van der Waals surface area contributed by atoms with Crippen LogP contribution in [0.15, 0.2) is 60.8 Å². The molecule has 0 atom stereocenters. The van der Waals surface area contributed by atoms with Crippen LogP contribution in [0.25, 0.3) is 0 Å². The van der Waals surface area contributed by atoms with E-state index in [9.17, 15) is 4.39 Å². The van der Waals surface area contributed by atoms with Gasteiger partial charge in [0.1, 0.15) is 12.4 Å². The largest absolute Gasteiger partial charge is 0.473 e. The van der Waals surface area contributed by atoms with E-state index < -0.39 is 0 Å². The predicted octanol–water partition coefficient (Wildman–Crippen LogP) is 3.81. The van der Waals surface area contributed by atoms with Gasteiger partial charge in [-0.25, -0.2) is 9.37 Å². The molecule has 0 aliphatic rings. The SMILES string of the molecule is N#Cc1ccc(Nc2nccc(OCc3ccccc3F)n2)cc1. The molecule has 5 nitrogen and oxygen atoms in total. The van der Waals surface area contributed by atoms with E-state index in [1.807, 2.05) is 0 Å². The van der Waals surface area contributed by atoms with Crippen LogP contribution in [0, 0.1) is 17.1 Å². The van der Waals surface area contributed by atoms with Crippen LogP contribution < -0.4 is 10.1 Å². The van der Waals surface area contributed by atoms with Crippen LogP contribution in [0.1, 0.15) is 11.1 Å². The molecular formula is C18H13FN4O. The Morgan fingerprint density at radius 2 is 1.88 bits per heavy atom. The van der Waals surface area contributed by atoms with Crippen molar-refractivity contribution in [1.29, 1.82) is 5.26 Å². The van der Waals surface area contributed by atoms with E-state index in [1.165, 1.54) is 6.07 Å². The zero-order chi connectivity index (χ0) is 16.8. The maximum atomic E-state index is 13.6. The average Bonchev–Trinajstić information content (AvgIpc) is 2.62. The second kappa shape index (κ2) is 7.20. The first-order valence-electron chi connectivity index (χ1n) is 7.21. The fraction of sp³-hybridized carbons (Fsp3) is 0.0556. The van der Waals surface area contributed by atoms with E-state index in [4.69, 9.17) is 10.00 Å². The Balaban J connectivity index is 1.67. The number of nitrogens with zero attached hydrogens (tertiary/aromatic N) is 3. The van der Waals surface area contributed by atoms with Crippen LogP contribution in [0.3, 0.4) is 0 Å². The number of anilines is 2. The molecule has 0 fully saturated rings. The van der Waals surface area contributed by atoms with Gasteiger partial charge in [0.2, 0.25) is 11.8 Å². The number of ether oxygens (including phenoxy) is 1. The normalized spacial score (nSPS) is 10.0. The van der Waals surface area contributed by atoms with Gasteiger partial charge in [-0.2, -0.15) is 10.2 Å². The zero-order valence-electron chi connectivity index (χ0n) is 12.6. The Labute approximate surface area is 138 Å². The molecule has 0 saturated heterocycles. The van der Waals surface area contributed by atoms with Crippen LogP contribution in [-0.4, -0.2) is 9.97 Å². The summed E-state index contributed by atoms with van der Waals surface area (Å²) in [5.41, 5.74) is 1.78. The highest BCUT2D eigenvalue weighted by molar-refractivity contribution is 5.54. The minimum Gasteiger partial charge on any atom is -0.473 e. The molecule has 0 saturated carbocycles. The lowest BCUT2D eigenvalue weighted by Crippen LogP contribution is -2.02. The van der Waals surface area contributed by atoms with Crippen LogP contribution >= 0.6 is 0 Å². The number of halogens is 1. The lowest BCUT2D eigenvalue weighted by molar-refractivity contribution is 0.288. The summed E-state index contributed by atoms with van der Waals surface area (Å²) in [4.78, 5) is 8.33. The topological polar surface area (TPSA) is 70.8 Å². The maximum absolute atomic E-state index is 13.6. The van der Waals surface area contributed by atoms with Crippen molar-refractivity contribution >= 4 is 11.6 Å². The number of nitriles is 1. The molecule has 0 unspecified atom stereocenters. The van der Waals surface area contributed by atoms with Gasteiger partial charge >= 0.3 is 0 Å². The molecule has 1 heterocycles. The molecule has 3 rings (SSSR count). The molecular weight excluding hydrogens is 307 g/mol. The Bertz CT molecular complexity index is 875. The molecule has 3 aromatic rings. The number of hydrogen-bond acceptors (Lipinski definition) is 5. The summed E-state index contributed by atoms with van der Waals surface area (Å²) in [7, 11) is 0. The van der Waals surface area contributed by atoms with Gasteiger partial charge in [-0.05, 0) is 30.3 Å². The molecule has 6 heteroatoms. The Morgan fingerprint density at radius 1 is 1.08 bits per heavy atom. The molecule has 2 aromatic carbocycles. The maximum Gasteiger partial charge on any atom is 0.230 e. The quantitative estimate of drug-likeness (QED) is 0.774. The third-order valence-electron chi connectivity index (χ3n) is 3.23. The van der Waals surface area contributed by atoms with Crippen molar-refractivity contribution in [1.82, 2.24) is 9.97 Å². The number of nitrogens with one attached hydrogen (secondary N) is 1. The number of aromatic nitrogens is 2. The summed E-state index contributed by atoms with van der Waals surface area (Å²) >= 11 is 0. The summed E-state index contributed by atoms with van der Waals surface area (Å²) in [6, 6.07) is 17.0. The molecule has 0 aliphatic carbocycles. The summed E-state index contributed by atoms with van der Waals surface area (Å²) in [5.74, 6) is 0.373. The molecule has 1 aromatic heterocycles. The third kappa shape index (κ3) is 3.84. The molecule has 0 bridgehead atoms. The fourth-order valence-corrected chi connectivity index (χ4v) is 2.01. The highest BCUT2D eigenvalue weighted by atomic mass is 19.1. The van der Waals surface area contributed by atoms with Crippen LogP contribution in [0.4, 0.5) is 16.0 Å². The van der Waals surface area contributed by atoms with E-state index in [2.05, 4.69) is 21.4 Å². The van der Waals surface area contributed by atoms with E-state index >= 15 is 0 Å². The molecule has 0 aliphatic heterocycles. The monoisotopic (exact) mass is 320 g/mol. The molecule has 118 valence electrons. The van der Waals surface area contributed by atoms with Crippen molar-refractivity contribution in [3.05, 3.63) is 77.7 Å². The smallest absolute Gasteiger partial charge is 0.230 e. The Hall–Kier alpha value is -3.46. The number of benzene rings is 2. The molecule has 0 radical (unpaired) electrons. The lowest BCUT2D eigenvalue weighted by atomic mass is 10.2. The third-order valence-corrected chi connectivity index (χ3v) is 3.23. The minimum absolute atomic E-state index is 0.0833. The van der Waals surface area contributed by atoms with Gasteiger partial charge in [0.25, 0.3) is 0 Å². The Kier molecular flexibility index (Phi) is 4.63. The second-order valence-corrected chi connectivity index (χ2v) is 4.91. The van der Waals surface area contributed by atoms with Gasteiger partial charge in [-0.1, -0.05) is 18.2 Å².